The maximum atomic E-state index is 13.1. The van der Waals surface area contributed by atoms with Crippen molar-refractivity contribution in [2.24, 2.45) is 0 Å². The summed E-state index contributed by atoms with van der Waals surface area (Å²) in [5, 5.41) is 2.49. The molecule has 1 N–H and O–H groups in total. The van der Waals surface area contributed by atoms with Gasteiger partial charge in [0.25, 0.3) is 5.91 Å². The van der Waals surface area contributed by atoms with Crippen LogP contribution in [0.25, 0.3) is 0 Å². The Bertz CT molecular complexity index is 701. The zero-order valence-corrected chi connectivity index (χ0v) is 12.6. The predicted octanol–water partition coefficient (Wildman–Crippen LogP) is 3.99. The fraction of sp³-hybridized carbons (Fsp3) is 0.235. The molecule has 0 radical (unpaired) electrons. The Labute approximate surface area is 127 Å². The van der Waals surface area contributed by atoms with Crippen molar-refractivity contribution in [2.75, 3.05) is 5.32 Å². The summed E-state index contributed by atoms with van der Waals surface area (Å²) in [6, 6.07) is 8.82. The summed E-state index contributed by atoms with van der Waals surface area (Å²) in [5.74, 6) is -1.80. The first-order valence-electron chi connectivity index (χ1n) is 6.86. The molecule has 0 fully saturated rings. The topological polar surface area (TPSA) is 38.3 Å². The highest BCUT2D eigenvalue weighted by molar-refractivity contribution is 5.94. The average Bonchev–Trinajstić information content (AvgIpc) is 2.45. The first-order valence-corrected chi connectivity index (χ1v) is 6.86. The number of carbonyl (C=O) groups excluding carboxylic acids is 1. The molecule has 2 aromatic carbocycles. The van der Waals surface area contributed by atoms with Gasteiger partial charge in [-0.25, -0.2) is 8.78 Å². The van der Waals surface area contributed by atoms with Gasteiger partial charge in [-0.1, -0.05) is 17.7 Å². The molecule has 0 saturated carbocycles. The van der Waals surface area contributed by atoms with Crippen molar-refractivity contribution < 1.29 is 18.3 Å². The van der Waals surface area contributed by atoms with Gasteiger partial charge in [0.2, 0.25) is 0 Å². The Morgan fingerprint density at radius 1 is 1.09 bits per heavy atom. The quantitative estimate of drug-likeness (QED) is 0.927. The van der Waals surface area contributed by atoms with Crippen LogP contribution in [-0.4, -0.2) is 12.0 Å². The van der Waals surface area contributed by atoms with E-state index in [0.29, 0.717) is 5.75 Å². The highest BCUT2D eigenvalue weighted by atomic mass is 19.2. The summed E-state index contributed by atoms with van der Waals surface area (Å²) >= 11 is 0. The number of anilines is 1. The van der Waals surface area contributed by atoms with Gasteiger partial charge in [-0.2, -0.15) is 0 Å². The number of rotatable bonds is 4. The van der Waals surface area contributed by atoms with Crippen LogP contribution in [0.1, 0.15) is 18.1 Å². The van der Waals surface area contributed by atoms with E-state index in [4.69, 9.17) is 4.74 Å². The van der Waals surface area contributed by atoms with Crippen LogP contribution >= 0.6 is 0 Å². The molecule has 5 heteroatoms. The van der Waals surface area contributed by atoms with Crippen LogP contribution in [0.15, 0.2) is 36.4 Å². The van der Waals surface area contributed by atoms with Gasteiger partial charge in [0.1, 0.15) is 5.75 Å². The lowest BCUT2D eigenvalue weighted by Gasteiger charge is -2.16. The van der Waals surface area contributed by atoms with Gasteiger partial charge in [-0.3, -0.25) is 4.79 Å². The standard InChI is InChI=1S/C17H17F2NO2/c1-10-4-7-16(11(2)8-10)22-12(3)17(21)20-13-5-6-14(18)15(19)9-13/h4-9,12H,1-3H3,(H,20,21)/t12-/m1/s1. The van der Waals surface area contributed by atoms with Crippen LogP contribution in [0.5, 0.6) is 5.75 Å². The minimum absolute atomic E-state index is 0.181. The van der Waals surface area contributed by atoms with Crippen molar-refractivity contribution in [1.82, 2.24) is 0 Å². The molecule has 0 bridgehead atoms. The third-order valence-electron chi connectivity index (χ3n) is 3.19. The normalized spacial score (nSPS) is 11.9. The maximum Gasteiger partial charge on any atom is 0.265 e. The zero-order valence-electron chi connectivity index (χ0n) is 12.6. The van der Waals surface area contributed by atoms with E-state index in [0.717, 1.165) is 23.3 Å². The smallest absolute Gasteiger partial charge is 0.265 e. The molecule has 0 heterocycles. The average molecular weight is 305 g/mol. The van der Waals surface area contributed by atoms with Crippen LogP contribution in [0.4, 0.5) is 14.5 Å². The van der Waals surface area contributed by atoms with Gasteiger partial charge in [-0.15, -0.1) is 0 Å². The number of hydrogen-bond donors (Lipinski definition) is 1. The Hall–Kier alpha value is -2.43. The number of nitrogens with one attached hydrogen (secondary N) is 1. The summed E-state index contributed by atoms with van der Waals surface area (Å²) in [7, 11) is 0. The summed E-state index contributed by atoms with van der Waals surface area (Å²) in [6.45, 7) is 5.45. The SMILES string of the molecule is Cc1ccc(O[C@H](C)C(=O)Nc2ccc(F)c(F)c2)c(C)c1. The summed E-state index contributed by atoms with van der Waals surface area (Å²) in [4.78, 5) is 12.0. The number of aryl methyl sites for hydroxylation is 2. The van der Waals surface area contributed by atoms with Crippen LogP contribution in [-0.2, 0) is 4.79 Å². The largest absolute Gasteiger partial charge is 0.481 e. The monoisotopic (exact) mass is 305 g/mol. The van der Waals surface area contributed by atoms with Crippen molar-refractivity contribution in [1.29, 1.82) is 0 Å². The zero-order chi connectivity index (χ0) is 16.3. The molecule has 0 unspecified atom stereocenters. The van der Waals surface area contributed by atoms with E-state index in [1.807, 2.05) is 26.0 Å². The van der Waals surface area contributed by atoms with E-state index in [1.54, 1.807) is 13.0 Å². The van der Waals surface area contributed by atoms with E-state index in [1.165, 1.54) is 6.07 Å². The molecule has 2 aromatic rings. The van der Waals surface area contributed by atoms with Crippen LogP contribution in [0, 0.1) is 25.5 Å². The van der Waals surface area contributed by atoms with Crippen molar-refractivity contribution in [2.45, 2.75) is 26.9 Å². The molecule has 1 atom stereocenters. The summed E-state index contributed by atoms with van der Waals surface area (Å²) in [5.41, 5.74) is 2.20. The van der Waals surface area contributed by atoms with Crippen LogP contribution in [0.2, 0.25) is 0 Å². The summed E-state index contributed by atoms with van der Waals surface area (Å²) in [6.07, 6.45) is -0.769. The second kappa shape index (κ2) is 6.56. The molecule has 2 rings (SSSR count). The highest BCUT2D eigenvalue weighted by Gasteiger charge is 2.16. The molecule has 0 aliphatic rings. The Morgan fingerprint density at radius 3 is 2.45 bits per heavy atom. The Balaban J connectivity index is 2.04. The fourth-order valence-electron chi connectivity index (χ4n) is 1.99. The molecule has 0 saturated heterocycles. The lowest BCUT2D eigenvalue weighted by molar-refractivity contribution is -0.122. The molecule has 116 valence electrons. The number of ether oxygens (including phenoxy) is 1. The molecular weight excluding hydrogens is 288 g/mol. The predicted molar refractivity (Wildman–Crippen MR) is 81.0 cm³/mol. The minimum atomic E-state index is -1.01. The van der Waals surface area contributed by atoms with Gasteiger partial charge >= 0.3 is 0 Å². The van der Waals surface area contributed by atoms with E-state index in [9.17, 15) is 13.6 Å². The van der Waals surface area contributed by atoms with E-state index in [2.05, 4.69) is 5.32 Å². The highest BCUT2D eigenvalue weighted by Crippen LogP contribution is 2.20. The molecule has 0 aliphatic heterocycles. The third kappa shape index (κ3) is 3.81. The Kier molecular flexibility index (Phi) is 4.75. The number of carbonyl (C=O) groups is 1. The van der Waals surface area contributed by atoms with Gasteiger partial charge in [0.15, 0.2) is 17.7 Å². The second-order valence-electron chi connectivity index (χ2n) is 5.15. The lowest BCUT2D eigenvalue weighted by atomic mass is 10.1. The first-order chi connectivity index (χ1) is 10.4. The molecule has 0 spiro atoms. The van der Waals surface area contributed by atoms with Gasteiger partial charge < -0.3 is 10.1 Å². The Morgan fingerprint density at radius 2 is 1.82 bits per heavy atom. The second-order valence-corrected chi connectivity index (χ2v) is 5.15. The molecule has 22 heavy (non-hydrogen) atoms. The number of hydrogen-bond acceptors (Lipinski definition) is 2. The third-order valence-corrected chi connectivity index (χ3v) is 3.19. The van der Waals surface area contributed by atoms with Crippen molar-refractivity contribution >= 4 is 11.6 Å². The first kappa shape index (κ1) is 15.9. The molecule has 0 aliphatic carbocycles. The molecule has 0 aromatic heterocycles. The number of benzene rings is 2. The maximum absolute atomic E-state index is 13.1. The summed E-state index contributed by atoms with van der Waals surface area (Å²) < 4.78 is 31.6. The van der Waals surface area contributed by atoms with Crippen molar-refractivity contribution in [3.05, 3.63) is 59.2 Å². The molecule has 1 amide bonds. The van der Waals surface area contributed by atoms with Crippen LogP contribution in [0.3, 0.4) is 0 Å². The van der Waals surface area contributed by atoms with Gasteiger partial charge in [0, 0.05) is 11.8 Å². The minimum Gasteiger partial charge on any atom is -0.481 e. The van der Waals surface area contributed by atoms with E-state index in [-0.39, 0.29) is 5.69 Å². The van der Waals surface area contributed by atoms with Gasteiger partial charge in [0.05, 0.1) is 0 Å². The molecule has 3 nitrogen and oxygen atoms in total. The van der Waals surface area contributed by atoms with Crippen LogP contribution < -0.4 is 10.1 Å². The van der Waals surface area contributed by atoms with Gasteiger partial charge in [-0.05, 0) is 44.5 Å². The lowest BCUT2D eigenvalue weighted by Crippen LogP contribution is -2.30. The van der Waals surface area contributed by atoms with Crippen molar-refractivity contribution in [3.8, 4) is 5.75 Å². The number of amides is 1. The van der Waals surface area contributed by atoms with E-state index >= 15 is 0 Å². The fourth-order valence-corrected chi connectivity index (χ4v) is 1.99. The van der Waals surface area contributed by atoms with E-state index < -0.39 is 23.6 Å². The van der Waals surface area contributed by atoms with Crippen molar-refractivity contribution in [3.63, 3.8) is 0 Å². The molecular formula is C17H17F2NO2. The number of halogens is 2.